The van der Waals surface area contributed by atoms with Gasteiger partial charge in [0.1, 0.15) is 11.9 Å². The van der Waals surface area contributed by atoms with Crippen molar-refractivity contribution < 1.29 is 23.6 Å². The molecule has 1 aliphatic rings. The Morgan fingerprint density at radius 2 is 1.86 bits per heavy atom. The molecule has 0 saturated carbocycles. The first kappa shape index (κ1) is 21.6. The molecule has 1 atom stereocenters. The van der Waals surface area contributed by atoms with Crippen LogP contribution in [0.4, 0.5) is 9.18 Å². The number of halogens is 1. The molecule has 2 N–H and O–H groups in total. The molecular weight excluding hydrogens is 385 g/mol. The molecule has 1 fully saturated rings. The van der Waals surface area contributed by atoms with Crippen molar-refractivity contribution in [1.29, 1.82) is 0 Å². The van der Waals surface area contributed by atoms with Crippen molar-refractivity contribution >= 4 is 40.8 Å². The molecule has 0 unspecified atom stereocenters. The predicted octanol–water partition coefficient (Wildman–Crippen LogP) is 2.14. The van der Waals surface area contributed by atoms with Crippen molar-refractivity contribution in [2.24, 2.45) is 5.92 Å². The summed E-state index contributed by atoms with van der Waals surface area (Å²) < 4.78 is 13.0. The molecule has 0 bridgehead atoms. The summed E-state index contributed by atoms with van der Waals surface area (Å²) in [4.78, 5) is 49.3. The van der Waals surface area contributed by atoms with Gasteiger partial charge in [0.15, 0.2) is 0 Å². The molecule has 7 nitrogen and oxygen atoms in total. The van der Waals surface area contributed by atoms with Gasteiger partial charge in [-0.05, 0) is 41.5 Å². The van der Waals surface area contributed by atoms with Crippen LogP contribution in [0.2, 0.25) is 0 Å². The van der Waals surface area contributed by atoms with Gasteiger partial charge in [-0.1, -0.05) is 26.0 Å². The topological polar surface area (TPSA) is 95.6 Å². The maximum absolute atomic E-state index is 13.0. The number of thioether (sulfide) groups is 1. The summed E-state index contributed by atoms with van der Waals surface area (Å²) in [6.07, 6.45) is 1.52. The number of carbonyl (C=O) groups excluding carboxylic acids is 4. The van der Waals surface area contributed by atoms with Crippen LogP contribution < -0.4 is 10.6 Å². The minimum Gasteiger partial charge on any atom is -0.353 e. The molecule has 1 saturated heterocycles. The molecule has 28 heavy (non-hydrogen) atoms. The van der Waals surface area contributed by atoms with Gasteiger partial charge in [0.05, 0.1) is 4.91 Å². The molecule has 0 aromatic heterocycles. The number of benzene rings is 1. The zero-order valence-electron chi connectivity index (χ0n) is 15.8. The molecule has 1 aliphatic heterocycles. The lowest BCUT2D eigenvalue weighted by atomic mass is 10.0. The van der Waals surface area contributed by atoms with Crippen LogP contribution in [0.25, 0.3) is 6.08 Å². The molecule has 9 heteroatoms. The van der Waals surface area contributed by atoms with E-state index in [1.807, 2.05) is 0 Å². The van der Waals surface area contributed by atoms with E-state index < -0.39 is 17.2 Å². The van der Waals surface area contributed by atoms with Crippen LogP contribution in [-0.4, -0.2) is 47.0 Å². The minimum absolute atomic E-state index is 0.0159. The number of nitrogens with zero attached hydrogens (tertiary/aromatic N) is 1. The Morgan fingerprint density at radius 3 is 2.43 bits per heavy atom. The predicted molar refractivity (Wildman–Crippen MR) is 105 cm³/mol. The van der Waals surface area contributed by atoms with E-state index in [4.69, 9.17) is 0 Å². The first-order chi connectivity index (χ1) is 13.2. The normalized spacial score (nSPS) is 16.6. The number of amides is 4. The van der Waals surface area contributed by atoms with Crippen LogP contribution in [0.1, 0.15) is 26.3 Å². The van der Waals surface area contributed by atoms with Gasteiger partial charge in [-0.2, -0.15) is 0 Å². The van der Waals surface area contributed by atoms with Crippen molar-refractivity contribution in [3.05, 3.63) is 40.6 Å². The van der Waals surface area contributed by atoms with E-state index in [2.05, 4.69) is 10.6 Å². The quantitative estimate of drug-likeness (QED) is 0.675. The third-order valence-electron chi connectivity index (χ3n) is 3.98. The van der Waals surface area contributed by atoms with Gasteiger partial charge >= 0.3 is 0 Å². The molecule has 4 amide bonds. The summed E-state index contributed by atoms with van der Waals surface area (Å²) in [5.41, 5.74) is 0.607. The Kier molecular flexibility index (Phi) is 7.33. The number of rotatable bonds is 7. The molecule has 0 radical (unpaired) electrons. The lowest BCUT2D eigenvalue weighted by Gasteiger charge is -2.21. The van der Waals surface area contributed by atoms with E-state index in [-0.39, 0.29) is 41.5 Å². The standard InChI is InChI=1S/C19H22FN3O4S/c1-11(2)16(22-12(3)24)17(25)21-8-9-23-18(26)15(28-19(23)27)10-13-4-6-14(20)7-5-13/h4-7,10-11,16H,8-9H2,1-3H3,(H,21,25)(H,22,24)/b15-10-/t16-/m1/s1. The average molecular weight is 407 g/mol. The first-order valence-electron chi connectivity index (χ1n) is 8.74. The first-order valence-corrected chi connectivity index (χ1v) is 9.56. The summed E-state index contributed by atoms with van der Waals surface area (Å²) in [5, 5.41) is 4.78. The second kappa shape index (κ2) is 9.50. The van der Waals surface area contributed by atoms with Crippen molar-refractivity contribution in [1.82, 2.24) is 15.5 Å². The highest BCUT2D eigenvalue weighted by Crippen LogP contribution is 2.31. The fourth-order valence-corrected chi connectivity index (χ4v) is 3.42. The zero-order valence-corrected chi connectivity index (χ0v) is 16.6. The molecule has 2 rings (SSSR count). The summed E-state index contributed by atoms with van der Waals surface area (Å²) in [7, 11) is 0. The van der Waals surface area contributed by atoms with Crippen LogP contribution in [0.3, 0.4) is 0 Å². The smallest absolute Gasteiger partial charge is 0.293 e. The van der Waals surface area contributed by atoms with Crippen LogP contribution in [0, 0.1) is 11.7 Å². The third kappa shape index (κ3) is 5.66. The largest absolute Gasteiger partial charge is 0.353 e. The molecular formula is C19H22FN3O4S. The van der Waals surface area contributed by atoms with Crippen LogP contribution >= 0.6 is 11.8 Å². The van der Waals surface area contributed by atoms with E-state index in [1.165, 1.54) is 37.3 Å². The SMILES string of the molecule is CC(=O)N[C@@H](C(=O)NCCN1C(=O)S/C(=C\c2ccc(F)cc2)C1=O)C(C)C. The summed E-state index contributed by atoms with van der Waals surface area (Å²) in [5.74, 6) is -1.65. The average Bonchev–Trinajstić information content (AvgIpc) is 2.88. The van der Waals surface area contributed by atoms with Crippen molar-refractivity contribution in [3.63, 3.8) is 0 Å². The van der Waals surface area contributed by atoms with E-state index >= 15 is 0 Å². The summed E-state index contributed by atoms with van der Waals surface area (Å²) in [6.45, 7) is 5.02. The maximum atomic E-state index is 13.0. The van der Waals surface area contributed by atoms with Crippen molar-refractivity contribution in [2.75, 3.05) is 13.1 Å². The second-order valence-electron chi connectivity index (χ2n) is 6.60. The summed E-state index contributed by atoms with van der Waals surface area (Å²) in [6, 6.07) is 4.87. The lowest BCUT2D eigenvalue weighted by molar-refractivity contribution is -0.129. The van der Waals surface area contributed by atoms with Gasteiger partial charge < -0.3 is 10.6 Å². The molecule has 1 heterocycles. The van der Waals surface area contributed by atoms with Crippen LogP contribution in [-0.2, 0) is 14.4 Å². The highest BCUT2D eigenvalue weighted by molar-refractivity contribution is 8.18. The minimum atomic E-state index is -0.689. The lowest BCUT2D eigenvalue weighted by Crippen LogP contribution is -2.50. The number of nitrogens with one attached hydrogen (secondary N) is 2. The van der Waals surface area contributed by atoms with Gasteiger partial charge in [-0.25, -0.2) is 4.39 Å². The zero-order chi connectivity index (χ0) is 20.8. The number of hydrogen-bond donors (Lipinski definition) is 2. The second-order valence-corrected chi connectivity index (χ2v) is 7.59. The van der Waals surface area contributed by atoms with Crippen molar-refractivity contribution in [2.45, 2.75) is 26.8 Å². The number of hydrogen-bond acceptors (Lipinski definition) is 5. The van der Waals surface area contributed by atoms with Crippen LogP contribution in [0.15, 0.2) is 29.2 Å². The van der Waals surface area contributed by atoms with Gasteiger partial charge in [-0.3, -0.25) is 24.1 Å². The molecule has 0 spiro atoms. The third-order valence-corrected chi connectivity index (χ3v) is 4.89. The van der Waals surface area contributed by atoms with E-state index in [1.54, 1.807) is 13.8 Å². The fraction of sp³-hybridized carbons (Fsp3) is 0.368. The van der Waals surface area contributed by atoms with Gasteiger partial charge in [-0.15, -0.1) is 0 Å². The molecule has 0 aliphatic carbocycles. The Morgan fingerprint density at radius 1 is 1.21 bits per heavy atom. The van der Waals surface area contributed by atoms with E-state index in [9.17, 15) is 23.6 Å². The van der Waals surface area contributed by atoms with Gasteiger partial charge in [0.2, 0.25) is 11.8 Å². The molecule has 1 aromatic carbocycles. The highest BCUT2D eigenvalue weighted by atomic mass is 32.2. The molecule has 1 aromatic rings. The monoisotopic (exact) mass is 407 g/mol. The van der Waals surface area contributed by atoms with E-state index in [0.717, 1.165) is 16.7 Å². The van der Waals surface area contributed by atoms with Crippen molar-refractivity contribution in [3.8, 4) is 0 Å². The van der Waals surface area contributed by atoms with Crippen LogP contribution in [0.5, 0.6) is 0 Å². The highest BCUT2D eigenvalue weighted by Gasteiger charge is 2.34. The Labute approximate surface area is 166 Å². The van der Waals surface area contributed by atoms with E-state index in [0.29, 0.717) is 5.56 Å². The maximum Gasteiger partial charge on any atom is 0.293 e. The molecule has 150 valence electrons. The Hall–Kier alpha value is -2.68. The Bertz CT molecular complexity index is 808. The number of imide groups is 1. The van der Waals surface area contributed by atoms with Gasteiger partial charge in [0.25, 0.3) is 11.1 Å². The fourth-order valence-electron chi connectivity index (χ4n) is 2.56. The summed E-state index contributed by atoms with van der Waals surface area (Å²) >= 11 is 0.794. The number of carbonyl (C=O) groups is 4. The Balaban J connectivity index is 1.94. The van der Waals surface area contributed by atoms with Gasteiger partial charge in [0, 0.05) is 20.0 Å².